The Hall–Kier alpha value is -2.11. The minimum absolute atomic E-state index is 0.161. The quantitative estimate of drug-likeness (QED) is 0.866. The number of nitrogens with zero attached hydrogens (tertiary/aromatic N) is 1. The zero-order valence-electron chi connectivity index (χ0n) is 12.4. The summed E-state index contributed by atoms with van der Waals surface area (Å²) in [6.45, 7) is 6.02. The molecule has 21 heavy (non-hydrogen) atoms. The Morgan fingerprint density at radius 2 is 1.86 bits per heavy atom. The zero-order valence-corrected chi connectivity index (χ0v) is 12.4. The van der Waals surface area contributed by atoms with Gasteiger partial charge < -0.3 is 10.1 Å². The van der Waals surface area contributed by atoms with Crippen molar-refractivity contribution in [3.63, 3.8) is 0 Å². The van der Waals surface area contributed by atoms with Gasteiger partial charge in [0.15, 0.2) is 0 Å². The predicted octanol–water partition coefficient (Wildman–Crippen LogP) is 2.17. The molecule has 1 aliphatic heterocycles. The highest BCUT2D eigenvalue weighted by molar-refractivity contribution is 6.04. The molecule has 0 bridgehead atoms. The van der Waals surface area contributed by atoms with Gasteiger partial charge in [0.25, 0.3) is 5.91 Å². The molecule has 1 atom stereocenters. The first kappa shape index (κ1) is 15.3. The van der Waals surface area contributed by atoms with E-state index in [4.69, 9.17) is 4.74 Å². The molecule has 3 amide bonds. The Labute approximate surface area is 123 Å². The second kappa shape index (κ2) is 5.71. The van der Waals surface area contributed by atoms with Crippen LogP contribution in [0.25, 0.3) is 0 Å². The number of carbonyl (C=O) groups excluding carboxylic acids is 2. The lowest BCUT2D eigenvalue weighted by atomic mass is 9.87. The molecule has 114 valence electrons. The third-order valence-corrected chi connectivity index (χ3v) is 3.29. The molecule has 0 aliphatic carbocycles. The first-order valence-corrected chi connectivity index (χ1v) is 6.79. The standard InChI is InChI=1S/C15H19FN2O3/c1-15(2,3)12-13(19)18(14(20)17-12)8-9-21-11-6-4-10(16)5-7-11/h4-7,12H,8-9H2,1-3H3,(H,17,20). The van der Waals surface area contributed by atoms with Crippen LogP contribution < -0.4 is 10.1 Å². The van der Waals surface area contributed by atoms with Crippen molar-refractivity contribution in [2.24, 2.45) is 5.41 Å². The van der Waals surface area contributed by atoms with E-state index in [0.29, 0.717) is 5.75 Å². The number of ether oxygens (including phenoxy) is 1. The second-order valence-electron chi connectivity index (χ2n) is 6.04. The van der Waals surface area contributed by atoms with Crippen molar-refractivity contribution in [1.29, 1.82) is 0 Å². The van der Waals surface area contributed by atoms with Crippen molar-refractivity contribution in [2.45, 2.75) is 26.8 Å². The van der Waals surface area contributed by atoms with Crippen LogP contribution in [0.15, 0.2) is 24.3 Å². The molecule has 1 fully saturated rings. The molecule has 1 aromatic rings. The van der Waals surface area contributed by atoms with Gasteiger partial charge in [-0.25, -0.2) is 9.18 Å². The summed E-state index contributed by atoms with van der Waals surface area (Å²) < 4.78 is 18.2. The minimum Gasteiger partial charge on any atom is -0.492 e. The summed E-state index contributed by atoms with van der Waals surface area (Å²) in [6.07, 6.45) is 0. The van der Waals surface area contributed by atoms with Gasteiger partial charge in [-0.15, -0.1) is 0 Å². The molecule has 0 spiro atoms. The lowest BCUT2D eigenvalue weighted by Crippen LogP contribution is -2.41. The molecule has 2 rings (SSSR count). The maximum Gasteiger partial charge on any atom is 0.324 e. The van der Waals surface area contributed by atoms with Crippen molar-refractivity contribution in [2.75, 3.05) is 13.2 Å². The molecular formula is C15H19FN2O3. The summed E-state index contributed by atoms with van der Waals surface area (Å²) in [7, 11) is 0. The number of nitrogens with one attached hydrogen (secondary N) is 1. The summed E-state index contributed by atoms with van der Waals surface area (Å²) in [4.78, 5) is 25.2. The average molecular weight is 294 g/mol. The van der Waals surface area contributed by atoms with Crippen LogP contribution >= 0.6 is 0 Å². The van der Waals surface area contributed by atoms with Crippen molar-refractivity contribution < 1.29 is 18.7 Å². The maximum absolute atomic E-state index is 12.8. The second-order valence-corrected chi connectivity index (χ2v) is 6.04. The van der Waals surface area contributed by atoms with Gasteiger partial charge in [-0.2, -0.15) is 0 Å². The number of hydrogen-bond acceptors (Lipinski definition) is 3. The molecule has 0 saturated carbocycles. The average Bonchev–Trinajstić information content (AvgIpc) is 2.68. The van der Waals surface area contributed by atoms with Gasteiger partial charge in [-0.1, -0.05) is 20.8 Å². The number of carbonyl (C=O) groups is 2. The molecule has 1 unspecified atom stereocenters. The van der Waals surface area contributed by atoms with Gasteiger partial charge in [-0.05, 0) is 29.7 Å². The van der Waals surface area contributed by atoms with Crippen molar-refractivity contribution in [1.82, 2.24) is 10.2 Å². The fraction of sp³-hybridized carbons (Fsp3) is 0.467. The topological polar surface area (TPSA) is 58.6 Å². The molecule has 1 heterocycles. The van der Waals surface area contributed by atoms with E-state index >= 15 is 0 Å². The summed E-state index contributed by atoms with van der Waals surface area (Å²) in [5, 5.41) is 2.68. The molecule has 1 saturated heterocycles. The molecule has 1 N–H and O–H groups in total. The van der Waals surface area contributed by atoms with Gasteiger partial charge in [0, 0.05) is 0 Å². The van der Waals surface area contributed by atoms with Gasteiger partial charge in [0.05, 0.1) is 6.54 Å². The Morgan fingerprint density at radius 1 is 1.24 bits per heavy atom. The number of halogens is 1. The minimum atomic E-state index is -0.518. The van der Waals surface area contributed by atoms with E-state index in [0.717, 1.165) is 4.90 Å². The van der Waals surface area contributed by atoms with Crippen molar-refractivity contribution in [3.05, 3.63) is 30.1 Å². The SMILES string of the molecule is CC(C)(C)C1NC(=O)N(CCOc2ccc(F)cc2)C1=O. The third kappa shape index (κ3) is 3.51. The number of amides is 3. The monoisotopic (exact) mass is 294 g/mol. The molecule has 1 aromatic carbocycles. The van der Waals surface area contributed by atoms with Gasteiger partial charge in [0.1, 0.15) is 24.2 Å². The summed E-state index contributed by atoms with van der Waals surface area (Å²) >= 11 is 0. The molecule has 5 nitrogen and oxygen atoms in total. The van der Waals surface area contributed by atoms with Crippen LogP contribution in [0.4, 0.5) is 9.18 Å². The number of benzene rings is 1. The Morgan fingerprint density at radius 3 is 2.38 bits per heavy atom. The van der Waals surface area contributed by atoms with E-state index in [1.165, 1.54) is 24.3 Å². The van der Waals surface area contributed by atoms with Crippen molar-refractivity contribution in [3.8, 4) is 5.75 Å². The number of rotatable bonds is 4. The third-order valence-electron chi connectivity index (χ3n) is 3.29. The van der Waals surface area contributed by atoms with E-state index in [1.54, 1.807) is 0 Å². The van der Waals surface area contributed by atoms with Crippen molar-refractivity contribution >= 4 is 11.9 Å². The van der Waals surface area contributed by atoms with E-state index in [2.05, 4.69) is 5.32 Å². The lowest BCUT2D eigenvalue weighted by Gasteiger charge is -2.24. The van der Waals surface area contributed by atoms with Gasteiger partial charge in [0.2, 0.25) is 0 Å². The smallest absolute Gasteiger partial charge is 0.324 e. The predicted molar refractivity (Wildman–Crippen MR) is 75.4 cm³/mol. The number of hydrogen-bond donors (Lipinski definition) is 1. The first-order chi connectivity index (χ1) is 9.79. The fourth-order valence-corrected chi connectivity index (χ4v) is 2.10. The van der Waals surface area contributed by atoms with Crippen LogP contribution in [0.5, 0.6) is 5.75 Å². The van der Waals surface area contributed by atoms with Crippen LogP contribution in [0.2, 0.25) is 0 Å². The molecule has 1 aliphatic rings. The Bertz CT molecular complexity index is 537. The van der Waals surface area contributed by atoms with E-state index in [9.17, 15) is 14.0 Å². The molecule has 0 radical (unpaired) electrons. The summed E-state index contributed by atoms with van der Waals surface area (Å²) in [5.41, 5.74) is -0.334. The van der Waals surface area contributed by atoms with Crippen LogP contribution in [0.1, 0.15) is 20.8 Å². The number of urea groups is 1. The molecule has 6 heteroatoms. The summed E-state index contributed by atoms with van der Waals surface area (Å²) in [5.74, 6) is -0.0875. The van der Waals surface area contributed by atoms with E-state index < -0.39 is 12.1 Å². The van der Waals surface area contributed by atoms with Crippen LogP contribution in [0, 0.1) is 11.2 Å². The highest BCUT2D eigenvalue weighted by Gasteiger charge is 2.43. The first-order valence-electron chi connectivity index (χ1n) is 6.79. The summed E-state index contributed by atoms with van der Waals surface area (Å²) in [6, 6.07) is 4.66. The largest absolute Gasteiger partial charge is 0.492 e. The Kier molecular flexibility index (Phi) is 4.16. The maximum atomic E-state index is 12.8. The van der Waals surface area contributed by atoms with Crippen LogP contribution in [-0.4, -0.2) is 36.0 Å². The molecular weight excluding hydrogens is 275 g/mol. The highest BCUT2D eigenvalue weighted by Crippen LogP contribution is 2.24. The Balaban J connectivity index is 1.90. The van der Waals surface area contributed by atoms with E-state index in [-0.39, 0.29) is 30.3 Å². The van der Waals surface area contributed by atoms with E-state index in [1.807, 2.05) is 20.8 Å². The van der Waals surface area contributed by atoms with Crippen LogP contribution in [0.3, 0.4) is 0 Å². The lowest BCUT2D eigenvalue weighted by molar-refractivity contribution is -0.129. The van der Waals surface area contributed by atoms with Gasteiger partial charge in [-0.3, -0.25) is 9.69 Å². The molecule has 0 aromatic heterocycles. The fourth-order valence-electron chi connectivity index (χ4n) is 2.10. The zero-order chi connectivity index (χ0) is 15.6. The van der Waals surface area contributed by atoms with Crippen LogP contribution in [-0.2, 0) is 4.79 Å². The number of imide groups is 1. The van der Waals surface area contributed by atoms with Gasteiger partial charge >= 0.3 is 6.03 Å². The normalized spacial score (nSPS) is 18.9. The highest BCUT2D eigenvalue weighted by atomic mass is 19.1.